The molecule has 0 saturated carbocycles. The van der Waals surface area contributed by atoms with Crippen molar-refractivity contribution < 1.29 is 19.6 Å². The highest BCUT2D eigenvalue weighted by atomic mass is 16.4. The van der Waals surface area contributed by atoms with Crippen LogP contribution >= 0.6 is 0 Å². The summed E-state index contributed by atoms with van der Waals surface area (Å²) in [4.78, 5) is 30.2. The second-order valence-corrected chi connectivity index (χ2v) is 8.41. The number of carbonyl (C=O) groups is 2. The molecule has 0 unspecified atom stereocenters. The van der Waals surface area contributed by atoms with Gasteiger partial charge in [0.05, 0.1) is 11.6 Å². The van der Waals surface area contributed by atoms with Gasteiger partial charge in [0.2, 0.25) is 5.91 Å². The summed E-state index contributed by atoms with van der Waals surface area (Å²) in [6, 6.07) is 14.9. The lowest BCUT2D eigenvalue weighted by Crippen LogP contribution is -2.50. The van der Waals surface area contributed by atoms with Crippen molar-refractivity contribution in [3.63, 3.8) is 0 Å². The summed E-state index contributed by atoms with van der Waals surface area (Å²) in [7, 11) is -1.65. The van der Waals surface area contributed by atoms with Gasteiger partial charge in [0.1, 0.15) is 5.69 Å². The maximum Gasteiger partial charge on any atom is 0.475 e. The summed E-state index contributed by atoms with van der Waals surface area (Å²) in [6.07, 6.45) is 0.438. The monoisotopic (exact) mass is 410 g/mol. The highest BCUT2D eigenvalue weighted by Gasteiger charge is 2.32. The summed E-state index contributed by atoms with van der Waals surface area (Å²) in [5.74, 6) is -1.84. The molecule has 2 rings (SSSR count). The Kier molecular flexibility index (Phi) is 8.75. The van der Waals surface area contributed by atoms with Crippen LogP contribution in [-0.4, -0.2) is 39.8 Å². The van der Waals surface area contributed by atoms with Crippen LogP contribution in [0, 0.1) is 17.8 Å². The topological polar surface area (TPSA) is 99.5 Å². The predicted octanol–water partition coefficient (Wildman–Crippen LogP) is 3.14. The van der Waals surface area contributed by atoms with Gasteiger partial charge in [-0.3, -0.25) is 9.59 Å². The van der Waals surface area contributed by atoms with Crippen LogP contribution in [0.2, 0.25) is 0 Å². The Hall–Kier alpha value is -2.51. The van der Waals surface area contributed by atoms with E-state index in [1.807, 2.05) is 64.1 Å². The summed E-state index contributed by atoms with van der Waals surface area (Å²) in [6.45, 7) is 7.63. The van der Waals surface area contributed by atoms with E-state index in [2.05, 4.69) is 10.3 Å². The number of hydrogen-bond donors (Lipinski definition) is 3. The molecule has 1 amide bonds. The van der Waals surface area contributed by atoms with Gasteiger partial charge >= 0.3 is 7.12 Å². The molecule has 0 radical (unpaired) electrons. The second kappa shape index (κ2) is 11.0. The first-order valence-electron chi connectivity index (χ1n) is 10.4. The molecule has 7 heteroatoms. The first-order chi connectivity index (χ1) is 14.2. The van der Waals surface area contributed by atoms with Crippen molar-refractivity contribution in [2.45, 2.75) is 46.5 Å². The van der Waals surface area contributed by atoms with Crippen LogP contribution in [0.4, 0.5) is 0 Å². The van der Waals surface area contributed by atoms with Gasteiger partial charge in [0.25, 0.3) is 0 Å². The highest BCUT2D eigenvalue weighted by Crippen LogP contribution is 2.21. The van der Waals surface area contributed by atoms with Gasteiger partial charge in [-0.05, 0) is 30.4 Å². The largest absolute Gasteiger partial charge is 0.475 e. The molecule has 0 aliphatic carbocycles. The van der Waals surface area contributed by atoms with E-state index in [-0.39, 0.29) is 29.9 Å². The number of nitrogens with zero attached hydrogens (tertiary/aromatic N) is 1. The third kappa shape index (κ3) is 6.78. The molecule has 0 saturated heterocycles. The van der Waals surface area contributed by atoms with Crippen LogP contribution in [0.3, 0.4) is 0 Å². The zero-order chi connectivity index (χ0) is 22.3. The molecule has 30 heavy (non-hydrogen) atoms. The molecule has 6 nitrogen and oxygen atoms in total. The average Bonchev–Trinajstić information content (AvgIpc) is 2.71. The van der Waals surface area contributed by atoms with Crippen LogP contribution in [0.15, 0.2) is 48.5 Å². The number of hydrogen-bond acceptors (Lipinski definition) is 5. The van der Waals surface area contributed by atoms with Crippen molar-refractivity contribution in [1.29, 1.82) is 0 Å². The molecule has 1 aromatic carbocycles. The quantitative estimate of drug-likeness (QED) is 0.413. The van der Waals surface area contributed by atoms with E-state index in [1.54, 1.807) is 12.1 Å². The first kappa shape index (κ1) is 23.8. The van der Waals surface area contributed by atoms with E-state index in [9.17, 15) is 19.6 Å². The lowest BCUT2D eigenvalue weighted by atomic mass is 9.74. The number of pyridine rings is 1. The molecule has 2 atom stereocenters. The Bertz CT molecular complexity index is 840. The fourth-order valence-corrected chi connectivity index (χ4v) is 3.35. The lowest BCUT2D eigenvalue weighted by molar-refractivity contribution is -0.126. The fourth-order valence-electron chi connectivity index (χ4n) is 3.35. The highest BCUT2D eigenvalue weighted by molar-refractivity contribution is 6.43. The molecule has 0 aliphatic heterocycles. The zero-order valence-corrected chi connectivity index (χ0v) is 18.1. The summed E-state index contributed by atoms with van der Waals surface area (Å²) in [5.41, 5.74) is 1.93. The molecule has 0 fully saturated rings. The number of aromatic nitrogens is 1. The van der Waals surface area contributed by atoms with E-state index < -0.39 is 19.0 Å². The molecule has 2 aromatic rings. The number of amides is 1. The number of carbonyl (C=O) groups excluding carboxylic acids is 2. The smallest absolute Gasteiger partial charge is 0.426 e. The first-order valence-corrected chi connectivity index (χ1v) is 10.4. The predicted molar refractivity (Wildman–Crippen MR) is 119 cm³/mol. The molecule has 1 aromatic heterocycles. The van der Waals surface area contributed by atoms with Crippen molar-refractivity contribution in [1.82, 2.24) is 10.3 Å². The third-order valence-electron chi connectivity index (χ3n) is 5.06. The maximum absolute atomic E-state index is 12.9. The van der Waals surface area contributed by atoms with E-state index >= 15 is 0 Å². The van der Waals surface area contributed by atoms with Crippen LogP contribution in [-0.2, 0) is 4.79 Å². The minimum atomic E-state index is -1.65. The van der Waals surface area contributed by atoms with Crippen LogP contribution in [0.5, 0.6) is 0 Å². The summed E-state index contributed by atoms with van der Waals surface area (Å²) in [5, 5.41) is 21.9. The van der Waals surface area contributed by atoms with Gasteiger partial charge < -0.3 is 15.4 Å². The van der Waals surface area contributed by atoms with Crippen molar-refractivity contribution in [2.75, 3.05) is 0 Å². The Balaban J connectivity index is 2.14. The number of benzene rings is 1. The van der Waals surface area contributed by atoms with E-state index in [0.29, 0.717) is 17.8 Å². The van der Waals surface area contributed by atoms with Gasteiger partial charge in [0.15, 0.2) is 5.78 Å². The van der Waals surface area contributed by atoms with Crippen LogP contribution in [0.25, 0.3) is 11.3 Å². The van der Waals surface area contributed by atoms with Gasteiger partial charge in [-0.25, -0.2) is 4.98 Å². The zero-order valence-electron chi connectivity index (χ0n) is 18.1. The minimum absolute atomic E-state index is 0.00463. The number of ketones is 1. The van der Waals surface area contributed by atoms with Gasteiger partial charge in [-0.2, -0.15) is 0 Å². The Morgan fingerprint density at radius 2 is 1.67 bits per heavy atom. The van der Waals surface area contributed by atoms with Crippen molar-refractivity contribution in [3.05, 3.63) is 54.2 Å². The third-order valence-corrected chi connectivity index (χ3v) is 5.06. The number of nitrogens with one attached hydrogen (secondary N) is 1. The molecule has 0 bridgehead atoms. The fraction of sp³-hybridized carbons (Fsp3) is 0.435. The second-order valence-electron chi connectivity index (χ2n) is 8.41. The van der Waals surface area contributed by atoms with Crippen LogP contribution in [0.1, 0.15) is 51.0 Å². The molecular formula is C23H31BN2O4. The molecular weight excluding hydrogens is 379 g/mol. The van der Waals surface area contributed by atoms with Crippen LogP contribution < -0.4 is 5.32 Å². The molecule has 0 spiro atoms. The Morgan fingerprint density at radius 3 is 2.23 bits per heavy atom. The van der Waals surface area contributed by atoms with Crippen molar-refractivity contribution >= 4 is 18.8 Å². The standard InChI is InChI=1S/C23H31BN2O4/c1-15(2)13-22(24(29)30)26-23(28)18(16(3)4)14-21(27)20-12-8-11-19(25-20)17-9-6-5-7-10-17/h5-12,15-16,18,22,29-30H,13-14H2,1-4H3,(H,26,28)/t18-,22-/m0/s1. The Labute approximate surface area is 178 Å². The maximum atomic E-state index is 12.9. The molecule has 3 N–H and O–H groups in total. The van der Waals surface area contributed by atoms with E-state index in [0.717, 1.165) is 5.56 Å². The Morgan fingerprint density at radius 1 is 1.00 bits per heavy atom. The van der Waals surface area contributed by atoms with E-state index in [1.165, 1.54) is 0 Å². The summed E-state index contributed by atoms with van der Waals surface area (Å²) >= 11 is 0. The normalized spacial score (nSPS) is 13.2. The average molecular weight is 410 g/mol. The van der Waals surface area contributed by atoms with Gasteiger partial charge in [-0.1, -0.05) is 64.1 Å². The molecule has 1 heterocycles. The van der Waals surface area contributed by atoms with E-state index in [4.69, 9.17) is 0 Å². The van der Waals surface area contributed by atoms with Gasteiger partial charge in [0, 0.05) is 17.9 Å². The minimum Gasteiger partial charge on any atom is -0.426 e. The van der Waals surface area contributed by atoms with Gasteiger partial charge in [-0.15, -0.1) is 0 Å². The molecule has 0 aliphatic rings. The SMILES string of the molecule is CC(C)C[C@H](NC(=O)[C@@H](CC(=O)c1cccc(-c2ccccc2)n1)C(C)C)B(O)O. The lowest BCUT2D eigenvalue weighted by Gasteiger charge is -2.25. The summed E-state index contributed by atoms with van der Waals surface area (Å²) < 4.78 is 0. The van der Waals surface area contributed by atoms with Crippen molar-refractivity contribution in [2.24, 2.45) is 17.8 Å². The van der Waals surface area contributed by atoms with Crippen molar-refractivity contribution in [3.8, 4) is 11.3 Å². The molecule has 160 valence electrons. The number of rotatable bonds is 10. The number of Topliss-reactive ketones (excluding diaryl/α,β-unsaturated/α-hetero) is 1.